The summed E-state index contributed by atoms with van der Waals surface area (Å²) in [6.45, 7) is 9.08. The van der Waals surface area contributed by atoms with Gasteiger partial charge in [-0.3, -0.25) is 0 Å². The Bertz CT molecular complexity index is 1340. The standard InChI is InChI=1S/C33H48F3NO7S/c1-5-23-27-17-20(38)11-14-32(27,4)26-12-15-31(3)24(9-10-25(31)28(26)29(23)39)19(2)13-16-43-30(40)37-45(41,42)22-8-6-7-21(18-22)44-33(34,35)36/h6-8,18-20,23-29,38-39H,5,9-17H2,1-4H3,(H,37,40)/t19-,20-,23-,24-,25+,26+,27+,28+,29-,31-,32-/m1/s1. The Balaban J connectivity index is 1.19. The van der Waals surface area contributed by atoms with E-state index in [1.807, 2.05) is 0 Å². The van der Waals surface area contributed by atoms with E-state index in [1.165, 1.54) is 0 Å². The molecule has 12 heteroatoms. The quantitative estimate of drug-likeness (QED) is 0.286. The molecule has 3 N–H and O–H groups in total. The van der Waals surface area contributed by atoms with E-state index in [2.05, 4.69) is 32.4 Å². The Hall–Kier alpha value is -2.05. The predicted molar refractivity (Wildman–Crippen MR) is 160 cm³/mol. The van der Waals surface area contributed by atoms with E-state index in [0.29, 0.717) is 36.2 Å². The van der Waals surface area contributed by atoms with E-state index in [0.717, 1.165) is 69.6 Å². The summed E-state index contributed by atoms with van der Waals surface area (Å²) in [5, 5.41) is 22.4. The summed E-state index contributed by atoms with van der Waals surface area (Å²) in [6, 6.07) is 3.78. The lowest BCUT2D eigenvalue weighted by atomic mass is 9.41. The summed E-state index contributed by atoms with van der Waals surface area (Å²) in [4.78, 5) is 11.8. The first-order valence-electron chi connectivity index (χ1n) is 16.4. The van der Waals surface area contributed by atoms with E-state index >= 15 is 0 Å². The number of hydrogen-bond acceptors (Lipinski definition) is 7. The average Bonchev–Trinajstić information content (AvgIpc) is 3.30. The zero-order valence-corrected chi connectivity index (χ0v) is 27.4. The molecule has 4 saturated carbocycles. The number of aliphatic hydroxyl groups is 2. The second kappa shape index (κ2) is 12.5. The van der Waals surface area contributed by atoms with Crippen molar-refractivity contribution in [2.24, 2.45) is 52.3 Å². The highest BCUT2D eigenvalue weighted by atomic mass is 32.2. The number of carbonyl (C=O) groups is 1. The van der Waals surface area contributed by atoms with E-state index in [1.54, 1.807) is 4.72 Å². The van der Waals surface area contributed by atoms with Gasteiger partial charge in [-0.15, -0.1) is 13.2 Å². The number of sulfonamides is 1. The zero-order valence-electron chi connectivity index (χ0n) is 26.6. The minimum absolute atomic E-state index is 0.00828. The number of rotatable bonds is 8. The van der Waals surface area contributed by atoms with Crippen LogP contribution in [0.4, 0.5) is 18.0 Å². The van der Waals surface area contributed by atoms with Gasteiger partial charge in [-0.25, -0.2) is 17.9 Å². The minimum atomic E-state index is -4.99. The van der Waals surface area contributed by atoms with Crippen molar-refractivity contribution in [1.29, 1.82) is 0 Å². The van der Waals surface area contributed by atoms with E-state index in [9.17, 15) is 36.6 Å². The highest BCUT2D eigenvalue weighted by molar-refractivity contribution is 7.90. The lowest BCUT2D eigenvalue weighted by molar-refractivity contribution is -0.274. The van der Waals surface area contributed by atoms with Crippen molar-refractivity contribution >= 4 is 16.1 Å². The number of benzene rings is 1. The molecule has 0 saturated heterocycles. The van der Waals surface area contributed by atoms with Crippen LogP contribution in [-0.2, 0) is 14.8 Å². The molecule has 4 aliphatic rings. The fraction of sp³-hybridized carbons (Fsp3) is 0.788. The number of nitrogens with one attached hydrogen (secondary N) is 1. The monoisotopic (exact) mass is 659 g/mol. The van der Waals surface area contributed by atoms with Crippen molar-refractivity contribution in [3.05, 3.63) is 24.3 Å². The number of ether oxygens (including phenoxy) is 2. The Morgan fingerprint density at radius 1 is 1.07 bits per heavy atom. The van der Waals surface area contributed by atoms with Crippen molar-refractivity contribution < 1.29 is 46.1 Å². The molecule has 8 nitrogen and oxygen atoms in total. The maximum absolute atomic E-state index is 12.6. The summed E-state index contributed by atoms with van der Waals surface area (Å²) in [5.74, 6) is 1.42. The summed E-state index contributed by atoms with van der Waals surface area (Å²) >= 11 is 0. The smallest absolute Gasteiger partial charge is 0.449 e. The Kier molecular flexibility index (Phi) is 9.54. The molecule has 1 aromatic carbocycles. The first kappa shape index (κ1) is 34.3. The first-order valence-corrected chi connectivity index (χ1v) is 17.9. The van der Waals surface area contributed by atoms with Crippen LogP contribution in [0, 0.1) is 52.3 Å². The second-order valence-electron chi connectivity index (χ2n) is 14.7. The normalized spacial score (nSPS) is 38.8. The highest BCUT2D eigenvalue weighted by Gasteiger charge is 2.64. The third-order valence-electron chi connectivity index (χ3n) is 12.5. The molecule has 0 unspecified atom stereocenters. The number of amides is 1. The molecule has 0 aromatic heterocycles. The maximum Gasteiger partial charge on any atom is 0.573 e. The lowest BCUT2D eigenvalue weighted by Gasteiger charge is -2.64. The van der Waals surface area contributed by atoms with E-state index in [-0.39, 0.29) is 47.4 Å². The number of halogens is 3. The SMILES string of the molecule is CC[C@H]1[C@@H](O)[C@@H]2[C@H](CC[C@]3(C)[C@@H]([C@H](C)CCOC(=O)NS(=O)(=O)c4cccc(OC(F)(F)F)c4)CC[C@@H]23)[C@@]2(C)CC[C@@H](O)C[C@@H]12. The minimum Gasteiger partial charge on any atom is -0.449 e. The van der Waals surface area contributed by atoms with Crippen LogP contribution >= 0.6 is 0 Å². The van der Waals surface area contributed by atoms with E-state index < -0.39 is 33.1 Å². The third kappa shape index (κ3) is 6.57. The molecule has 254 valence electrons. The largest absolute Gasteiger partial charge is 0.573 e. The topological polar surface area (TPSA) is 122 Å². The zero-order chi connectivity index (χ0) is 32.9. The lowest BCUT2D eigenvalue weighted by Crippen LogP contribution is -2.62. The number of fused-ring (bicyclic) bond motifs is 5. The summed E-state index contributed by atoms with van der Waals surface area (Å²) < 4.78 is 73.6. The summed E-state index contributed by atoms with van der Waals surface area (Å²) in [6.07, 6.45) is 1.40. The van der Waals surface area contributed by atoms with Gasteiger partial charge in [0.15, 0.2) is 0 Å². The van der Waals surface area contributed by atoms with Gasteiger partial charge in [0.1, 0.15) is 5.75 Å². The molecule has 0 radical (unpaired) electrons. The molecule has 0 aliphatic heterocycles. The van der Waals surface area contributed by atoms with Gasteiger partial charge in [-0.1, -0.05) is 40.2 Å². The van der Waals surface area contributed by atoms with Crippen LogP contribution in [0.25, 0.3) is 0 Å². The van der Waals surface area contributed by atoms with Crippen molar-refractivity contribution in [2.75, 3.05) is 6.61 Å². The van der Waals surface area contributed by atoms with Crippen molar-refractivity contribution in [1.82, 2.24) is 4.72 Å². The molecular weight excluding hydrogens is 611 g/mol. The van der Waals surface area contributed by atoms with Crippen LogP contribution in [0.2, 0.25) is 0 Å². The van der Waals surface area contributed by atoms with Crippen molar-refractivity contribution in [2.45, 2.75) is 109 Å². The van der Waals surface area contributed by atoms with Crippen LogP contribution < -0.4 is 9.46 Å². The number of alkyl halides is 3. The maximum atomic E-state index is 12.6. The van der Waals surface area contributed by atoms with Gasteiger partial charge in [-0.2, -0.15) is 0 Å². The average molecular weight is 660 g/mol. The summed E-state index contributed by atoms with van der Waals surface area (Å²) in [7, 11) is -4.48. The molecule has 4 fully saturated rings. The van der Waals surface area contributed by atoms with Gasteiger partial charge >= 0.3 is 12.5 Å². The van der Waals surface area contributed by atoms with Crippen LogP contribution in [0.1, 0.15) is 85.5 Å². The highest BCUT2D eigenvalue weighted by Crippen LogP contribution is 2.69. The molecule has 1 amide bonds. The van der Waals surface area contributed by atoms with Crippen molar-refractivity contribution in [3.8, 4) is 5.75 Å². The molecule has 0 heterocycles. The summed E-state index contributed by atoms with van der Waals surface area (Å²) in [5.41, 5.74) is 0.162. The fourth-order valence-corrected chi connectivity index (χ4v) is 11.4. The number of carbonyl (C=O) groups excluding carboxylic acids is 1. The number of hydrogen-bond donors (Lipinski definition) is 3. The van der Waals surface area contributed by atoms with Gasteiger partial charge in [0, 0.05) is 6.07 Å². The van der Waals surface area contributed by atoms with Gasteiger partial charge in [0.2, 0.25) is 0 Å². The molecule has 11 atom stereocenters. The van der Waals surface area contributed by atoms with Gasteiger partial charge in [0.25, 0.3) is 10.0 Å². The Morgan fingerprint density at radius 3 is 2.44 bits per heavy atom. The van der Waals surface area contributed by atoms with Crippen LogP contribution in [0.5, 0.6) is 5.75 Å². The van der Waals surface area contributed by atoms with Crippen LogP contribution in [-0.4, -0.2) is 49.9 Å². The molecule has 45 heavy (non-hydrogen) atoms. The molecule has 1 aromatic rings. The first-order chi connectivity index (χ1) is 21.0. The molecule has 5 rings (SSSR count). The second-order valence-corrected chi connectivity index (χ2v) is 16.3. The molecule has 0 spiro atoms. The molecule has 4 aliphatic carbocycles. The Morgan fingerprint density at radius 2 is 1.76 bits per heavy atom. The van der Waals surface area contributed by atoms with E-state index in [4.69, 9.17) is 4.74 Å². The van der Waals surface area contributed by atoms with Crippen LogP contribution in [0.3, 0.4) is 0 Å². The van der Waals surface area contributed by atoms with Crippen LogP contribution in [0.15, 0.2) is 29.2 Å². The number of aliphatic hydroxyl groups excluding tert-OH is 2. The fourth-order valence-electron chi connectivity index (χ4n) is 10.5. The Labute approximate surface area is 264 Å². The third-order valence-corrected chi connectivity index (χ3v) is 13.8. The predicted octanol–water partition coefficient (Wildman–Crippen LogP) is 6.65. The molecule has 0 bridgehead atoms. The van der Waals surface area contributed by atoms with Gasteiger partial charge < -0.3 is 19.7 Å². The van der Waals surface area contributed by atoms with Gasteiger partial charge in [-0.05, 0) is 116 Å². The van der Waals surface area contributed by atoms with Crippen molar-refractivity contribution in [3.63, 3.8) is 0 Å². The molecular formula is C33H48F3NO7S. The van der Waals surface area contributed by atoms with Gasteiger partial charge in [0.05, 0.1) is 23.7 Å².